The quantitative estimate of drug-likeness (QED) is 0.458. The fourth-order valence-corrected chi connectivity index (χ4v) is 3.65. The molecule has 0 fully saturated rings. The minimum Gasteiger partial charge on any atom is -0.457 e. The third-order valence-electron chi connectivity index (χ3n) is 4.78. The van der Waals surface area contributed by atoms with Crippen molar-refractivity contribution in [3.63, 3.8) is 0 Å². The van der Waals surface area contributed by atoms with Crippen molar-refractivity contribution in [2.45, 2.75) is 45.8 Å². The van der Waals surface area contributed by atoms with Gasteiger partial charge in [-0.05, 0) is 62.6 Å². The number of aryl methyl sites for hydroxylation is 1. The van der Waals surface area contributed by atoms with Crippen molar-refractivity contribution in [1.82, 2.24) is 0 Å². The molecule has 0 aromatic heterocycles. The number of carbonyl (C=O) groups is 1. The van der Waals surface area contributed by atoms with Crippen LogP contribution in [0.3, 0.4) is 0 Å². The lowest BCUT2D eigenvalue weighted by atomic mass is 9.85. The Morgan fingerprint density at radius 2 is 1.86 bits per heavy atom. The van der Waals surface area contributed by atoms with Crippen LogP contribution in [0.2, 0.25) is 5.02 Å². The molecule has 152 valence electrons. The van der Waals surface area contributed by atoms with Crippen LogP contribution in [0.5, 0.6) is 11.5 Å². The largest absolute Gasteiger partial charge is 0.457 e. The zero-order chi connectivity index (χ0) is 21.3. The summed E-state index contributed by atoms with van der Waals surface area (Å²) >= 11 is 5.97. The molecule has 7 heteroatoms. The Hall–Kier alpha value is -2.70. The van der Waals surface area contributed by atoms with Gasteiger partial charge in [0.15, 0.2) is 5.78 Å². The average Bonchev–Trinajstić information content (AvgIpc) is 2.64. The fourth-order valence-electron chi connectivity index (χ4n) is 3.41. The lowest BCUT2D eigenvalue weighted by molar-refractivity contribution is -0.384. The molecule has 0 saturated heterocycles. The highest BCUT2D eigenvalue weighted by Gasteiger charge is 2.37. The molecule has 0 radical (unpaired) electrons. The number of nitro groups is 1. The van der Waals surface area contributed by atoms with E-state index in [4.69, 9.17) is 21.1 Å². The summed E-state index contributed by atoms with van der Waals surface area (Å²) in [5, 5.41) is 10.9. The topological polar surface area (TPSA) is 78.7 Å². The maximum atomic E-state index is 13.0. The van der Waals surface area contributed by atoms with Gasteiger partial charge < -0.3 is 9.47 Å². The van der Waals surface area contributed by atoms with Crippen molar-refractivity contribution in [2.75, 3.05) is 0 Å². The summed E-state index contributed by atoms with van der Waals surface area (Å²) in [4.78, 5) is 23.3. The number of nitro benzene ring substituents is 1. The van der Waals surface area contributed by atoms with E-state index in [9.17, 15) is 14.9 Å². The van der Waals surface area contributed by atoms with Crippen LogP contribution in [0.25, 0.3) is 5.57 Å². The molecule has 0 N–H and O–H groups in total. The highest BCUT2D eigenvalue weighted by Crippen LogP contribution is 2.36. The first-order chi connectivity index (χ1) is 13.6. The summed E-state index contributed by atoms with van der Waals surface area (Å²) in [6, 6.07) is 9.72. The van der Waals surface area contributed by atoms with E-state index in [1.54, 1.807) is 19.9 Å². The highest BCUT2D eigenvalue weighted by atomic mass is 35.5. The molecule has 2 aromatic carbocycles. The maximum Gasteiger partial charge on any atom is 0.288 e. The van der Waals surface area contributed by atoms with Gasteiger partial charge >= 0.3 is 0 Å². The average molecular weight is 416 g/mol. The molecule has 0 aliphatic carbocycles. The van der Waals surface area contributed by atoms with E-state index in [0.717, 1.165) is 17.5 Å². The second kappa shape index (κ2) is 7.97. The summed E-state index contributed by atoms with van der Waals surface area (Å²) in [5.41, 5.74) is 1.33. The van der Waals surface area contributed by atoms with Crippen molar-refractivity contribution < 1.29 is 19.2 Å². The number of ether oxygens (including phenoxy) is 2. The molecular weight excluding hydrogens is 394 g/mol. The molecule has 1 atom stereocenters. The van der Waals surface area contributed by atoms with Crippen molar-refractivity contribution in [2.24, 2.45) is 0 Å². The van der Waals surface area contributed by atoms with E-state index in [0.29, 0.717) is 17.1 Å². The number of Topliss-reactive ketones (excluding diaryl/α,β-unsaturated/α-hetero) is 1. The lowest BCUT2D eigenvalue weighted by Crippen LogP contribution is -2.41. The number of carbonyl (C=O) groups excluding carboxylic acids is 1. The summed E-state index contributed by atoms with van der Waals surface area (Å²) in [5.74, 6) is 0.797. The molecule has 0 spiro atoms. The van der Waals surface area contributed by atoms with Crippen molar-refractivity contribution in [3.8, 4) is 11.5 Å². The van der Waals surface area contributed by atoms with Gasteiger partial charge in [-0.15, -0.1) is 0 Å². The Morgan fingerprint density at radius 3 is 2.48 bits per heavy atom. The molecule has 1 heterocycles. The maximum absolute atomic E-state index is 13.0. The van der Waals surface area contributed by atoms with E-state index in [-0.39, 0.29) is 22.6 Å². The molecule has 0 saturated carbocycles. The SMILES string of the molecule is CCc1ccc(Oc2ccc([N+](=O)[O-])c(Cl)c2)cc1C1=CC(C)OC(C)(C)C1=O. The van der Waals surface area contributed by atoms with Crippen LogP contribution in [-0.2, 0) is 16.0 Å². The van der Waals surface area contributed by atoms with Crippen LogP contribution < -0.4 is 4.74 Å². The van der Waals surface area contributed by atoms with Crippen LogP contribution in [0, 0.1) is 10.1 Å². The molecule has 0 bridgehead atoms. The second-order valence-electron chi connectivity index (χ2n) is 7.39. The molecule has 1 aliphatic rings. The summed E-state index contributed by atoms with van der Waals surface area (Å²) in [6.45, 7) is 7.46. The normalized spacial score (nSPS) is 18.3. The number of rotatable bonds is 5. The van der Waals surface area contributed by atoms with Crippen LogP contribution in [-0.4, -0.2) is 22.4 Å². The third-order valence-corrected chi connectivity index (χ3v) is 5.08. The van der Waals surface area contributed by atoms with Crippen molar-refractivity contribution in [1.29, 1.82) is 0 Å². The number of halogens is 1. The first kappa shape index (κ1) is 21.0. The van der Waals surface area contributed by atoms with Gasteiger partial charge in [0.25, 0.3) is 5.69 Å². The second-order valence-corrected chi connectivity index (χ2v) is 7.79. The molecule has 3 rings (SSSR count). The Kier molecular flexibility index (Phi) is 5.78. The van der Waals surface area contributed by atoms with E-state index < -0.39 is 10.5 Å². The first-order valence-corrected chi connectivity index (χ1v) is 9.69. The third kappa shape index (κ3) is 4.33. The zero-order valence-electron chi connectivity index (χ0n) is 16.7. The van der Waals surface area contributed by atoms with Crippen LogP contribution in [0.4, 0.5) is 5.69 Å². The van der Waals surface area contributed by atoms with E-state index in [1.165, 1.54) is 18.2 Å². The predicted molar refractivity (Wildman–Crippen MR) is 112 cm³/mol. The van der Waals surface area contributed by atoms with Gasteiger partial charge in [0, 0.05) is 17.7 Å². The Bertz CT molecular complexity index is 1010. The number of benzene rings is 2. The molecule has 0 amide bonds. The van der Waals surface area contributed by atoms with Gasteiger partial charge in [-0.3, -0.25) is 14.9 Å². The Balaban J connectivity index is 1.99. The first-order valence-electron chi connectivity index (χ1n) is 9.32. The standard InChI is InChI=1S/C22H22ClNO5/c1-5-14-6-7-15(28-16-8-9-20(24(26)27)19(23)12-16)11-17(14)18-10-13(2)29-22(3,4)21(18)25/h6-13H,5H2,1-4H3. The molecule has 6 nitrogen and oxygen atoms in total. The van der Waals surface area contributed by atoms with Gasteiger partial charge in [0.1, 0.15) is 22.1 Å². The lowest BCUT2D eigenvalue weighted by Gasteiger charge is -2.33. The van der Waals surface area contributed by atoms with Crippen molar-refractivity contribution >= 4 is 28.6 Å². The minimum atomic E-state index is -0.905. The van der Waals surface area contributed by atoms with E-state index in [1.807, 2.05) is 32.1 Å². The van der Waals surface area contributed by atoms with Gasteiger partial charge in [0.05, 0.1) is 11.0 Å². The van der Waals surface area contributed by atoms with Gasteiger partial charge in [-0.2, -0.15) is 0 Å². The highest BCUT2D eigenvalue weighted by molar-refractivity contribution is 6.32. The summed E-state index contributed by atoms with van der Waals surface area (Å²) < 4.78 is 11.6. The fraction of sp³-hybridized carbons (Fsp3) is 0.318. The van der Waals surface area contributed by atoms with Gasteiger partial charge in [0.2, 0.25) is 0 Å². The van der Waals surface area contributed by atoms with Gasteiger partial charge in [-0.25, -0.2) is 0 Å². The summed E-state index contributed by atoms with van der Waals surface area (Å²) in [7, 11) is 0. The summed E-state index contributed by atoms with van der Waals surface area (Å²) in [6.07, 6.45) is 2.38. The number of ketones is 1. The van der Waals surface area contributed by atoms with Gasteiger partial charge in [-0.1, -0.05) is 24.6 Å². The monoisotopic (exact) mass is 415 g/mol. The van der Waals surface area contributed by atoms with Crippen LogP contribution in [0.15, 0.2) is 42.5 Å². The molecular formula is C22H22ClNO5. The predicted octanol–water partition coefficient (Wildman–Crippen LogP) is 5.75. The Labute approximate surface area is 174 Å². The van der Waals surface area contributed by atoms with Crippen LogP contribution in [0.1, 0.15) is 38.8 Å². The number of nitrogens with zero attached hydrogens (tertiary/aromatic N) is 1. The number of hydrogen-bond acceptors (Lipinski definition) is 5. The number of hydrogen-bond donors (Lipinski definition) is 0. The van der Waals surface area contributed by atoms with Crippen LogP contribution >= 0.6 is 11.6 Å². The molecule has 1 unspecified atom stereocenters. The molecule has 29 heavy (non-hydrogen) atoms. The molecule has 2 aromatic rings. The van der Waals surface area contributed by atoms with E-state index in [2.05, 4.69) is 0 Å². The minimum absolute atomic E-state index is 0.00390. The van der Waals surface area contributed by atoms with E-state index >= 15 is 0 Å². The smallest absolute Gasteiger partial charge is 0.288 e. The zero-order valence-corrected chi connectivity index (χ0v) is 17.4. The molecule has 1 aliphatic heterocycles. The van der Waals surface area contributed by atoms with Crippen molar-refractivity contribution in [3.05, 3.63) is 68.7 Å². The Morgan fingerprint density at radius 1 is 1.21 bits per heavy atom.